The first-order valence-corrected chi connectivity index (χ1v) is 4.75. The van der Waals surface area contributed by atoms with E-state index in [4.69, 9.17) is 0 Å². The molecule has 1 aromatic heterocycles. The highest BCUT2D eigenvalue weighted by molar-refractivity contribution is 7.31. The third-order valence-corrected chi connectivity index (χ3v) is 2.67. The van der Waals surface area contributed by atoms with Crippen LogP contribution in [0.5, 0.6) is 0 Å². The van der Waals surface area contributed by atoms with Crippen molar-refractivity contribution in [3.63, 3.8) is 0 Å². The van der Waals surface area contributed by atoms with Crippen LogP contribution in [0.1, 0.15) is 19.1 Å². The Morgan fingerprint density at radius 2 is 2.27 bits per heavy atom. The summed E-state index contributed by atoms with van der Waals surface area (Å²) in [5.74, 6) is 2.19. The van der Waals surface area contributed by atoms with Gasteiger partial charge in [-0.05, 0) is 36.6 Å². The Morgan fingerprint density at radius 1 is 1.55 bits per heavy atom. The highest BCUT2D eigenvalue weighted by Gasteiger charge is 1.90. The molecule has 1 rings (SSSR count). The maximum absolute atomic E-state index is 3.88. The molecule has 1 unspecified atom stereocenters. The summed E-state index contributed by atoms with van der Waals surface area (Å²) in [6.45, 7) is 8.03. The van der Waals surface area contributed by atoms with E-state index < -0.39 is 0 Å². The first-order chi connectivity index (χ1) is 5.20. The Kier molecular flexibility index (Phi) is 2.73. The lowest BCUT2D eigenvalue weighted by Gasteiger charge is -1.96. The molecule has 0 spiro atoms. The molecule has 0 aromatic carbocycles. The second-order valence-electron chi connectivity index (χ2n) is 2.73. The number of hydrogen-bond acceptors (Lipinski definition) is 0. The topological polar surface area (TPSA) is 0 Å². The van der Waals surface area contributed by atoms with E-state index in [2.05, 4.69) is 37.5 Å². The molecule has 0 aliphatic heterocycles. The summed E-state index contributed by atoms with van der Waals surface area (Å²) in [6, 6.07) is 4.26. The quantitative estimate of drug-likeness (QED) is 0.584. The SMILES string of the molecule is C=C(C)C(C)=Cc1ccc[pH]1. The largest absolute Gasteiger partial charge is 0.132 e. The molecular weight excluding hydrogens is 151 g/mol. The van der Waals surface area contributed by atoms with Gasteiger partial charge in [0.2, 0.25) is 0 Å². The van der Waals surface area contributed by atoms with Gasteiger partial charge in [0.05, 0.1) is 0 Å². The molecule has 0 amide bonds. The molecule has 0 aliphatic rings. The average molecular weight is 164 g/mol. The molecule has 58 valence electrons. The van der Waals surface area contributed by atoms with Gasteiger partial charge in [-0.25, -0.2) is 0 Å². The summed E-state index contributed by atoms with van der Waals surface area (Å²) in [7, 11) is 0.848. The van der Waals surface area contributed by atoms with Crippen LogP contribution in [0.15, 0.2) is 35.7 Å². The first kappa shape index (κ1) is 8.36. The molecule has 0 bridgehead atoms. The van der Waals surface area contributed by atoms with Gasteiger partial charge in [0.15, 0.2) is 0 Å². The van der Waals surface area contributed by atoms with Crippen molar-refractivity contribution < 1.29 is 0 Å². The lowest BCUT2D eigenvalue weighted by atomic mass is 10.1. The second-order valence-corrected chi connectivity index (χ2v) is 3.93. The van der Waals surface area contributed by atoms with Crippen molar-refractivity contribution in [1.82, 2.24) is 0 Å². The van der Waals surface area contributed by atoms with E-state index in [1.165, 1.54) is 10.9 Å². The van der Waals surface area contributed by atoms with E-state index in [0.29, 0.717) is 0 Å². The molecule has 11 heavy (non-hydrogen) atoms. The van der Waals surface area contributed by atoms with E-state index in [-0.39, 0.29) is 0 Å². The average Bonchev–Trinajstić information content (AvgIpc) is 2.39. The van der Waals surface area contributed by atoms with E-state index in [1.54, 1.807) is 0 Å². The van der Waals surface area contributed by atoms with Gasteiger partial charge in [0, 0.05) is 0 Å². The standard InChI is InChI=1S/C10H13P/c1-8(2)9(3)7-10-5-4-6-11-10/h4-7,11H,1H2,2-3H3. The summed E-state index contributed by atoms with van der Waals surface area (Å²) >= 11 is 0. The van der Waals surface area contributed by atoms with Crippen LogP contribution in [-0.4, -0.2) is 0 Å². The Bertz CT molecular complexity index is 265. The van der Waals surface area contributed by atoms with E-state index in [1.807, 2.05) is 6.92 Å². The molecule has 1 heteroatoms. The van der Waals surface area contributed by atoms with Gasteiger partial charge in [-0.15, -0.1) is 8.19 Å². The molecule has 0 saturated heterocycles. The minimum Gasteiger partial charge on any atom is -0.132 e. The smallest absolute Gasteiger partial charge is 0.00879 e. The van der Waals surface area contributed by atoms with Crippen LogP contribution < -0.4 is 0 Å². The van der Waals surface area contributed by atoms with Crippen molar-refractivity contribution in [2.24, 2.45) is 0 Å². The van der Waals surface area contributed by atoms with Crippen molar-refractivity contribution in [2.45, 2.75) is 13.8 Å². The van der Waals surface area contributed by atoms with Crippen molar-refractivity contribution in [3.05, 3.63) is 41.0 Å². The Labute approximate surface area is 69.7 Å². The predicted octanol–water partition coefficient (Wildman–Crippen LogP) is 3.70. The third-order valence-electron chi connectivity index (χ3n) is 1.67. The van der Waals surface area contributed by atoms with Gasteiger partial charge in [-0.1, -0.05) is 24.3 Å². The Hall–Kier alpha value is -0.740. The van der Waals surface area contributed by atoms with Crippen LogP contribution in [0.4, 0.5) is 0 Å². The summed E-state index contributed by atoms with van der Waals surface area (Å²) in [5, 5.41) is 1.41. The molecule has 0 radical (unpaired) electrons. The summed E-state index contributed by atoms with van der Waals surface area (Å²) in [4.78, 5) is 0. The zero-order valence-electron chi connectivity index (χ0n) is 7.02. The monoisotopic (exact) mass is 164 g/mol. The zero-order valence-corrected chi connectivity index (χ0v) is 8.02. The minimum atomic E-state index is 0.848. The maximum Gasteiger partial charge on any atom is -0.00879 e. The van der Waals surface area contributed by atoms with Crippen molar-refractivity contribution in [3.8, 4) is 0 Å². The highest BCUT2D eigenvalue weighted by atomic mass is 31.0. The maximum atomic E-state index is 3.88. The number of hydrogen-bond donors (Lipinski definition) is 0. The van der Waals surface area contributed by atoms with Gasteiger partial charge in [0.25, 0.3) is 0 Å². The second kappa shape index (κ2) is 3.59. The van der Waals surface area contributed by atoms with Crippen molar-refractivity contribution in [2.75, 3.05) is 0 Å². The lowest BCUT2D eigenvalue weighted by molar-refractivity contribution is 1.39. The van der Waals surface area contributed by atoms with Gasteiger partial charge < -0.3 is 0 Å². The molecule has 0 nitrogen and oxygen atoms in total. The fourth-order valence-electron chi connectivity index (χ4n) is 0.790. The van der Waals surface area contributed by atoms with Gasteiger partial charge in [0.1, 0.15) is 0 Å². The normalized spacial score (nSPS) is 12.4. The predicted molar refractivity (Wildman–Crippen MR) is 54.4 cm³/mol. The fourth-order valence-corrected chi connectivity index (χ4v) is 1.67. The number of rotatable bonds is 2. The molecule has 1 heterocycles. The molecular formula is C10H13P. The van der Waals surface area contributed by atoms with Crippen LogP contribution in [0.25, 0.3) is 6.08 Å². The summed E-state index contributed by atoms with van der Waals surface area (Å²) in [5.41, 5.74) is 2.44. The van der Waals surface area contributed by atoms with E-state index in [0.717, 1.165) is 13.8 Å². The lowest BCUT2D eigenvalue weighted by Crippen LogP contribution is -1.73. The highest BCUT2D eigenvalue weighted by Crippen LogP contribution is 2.20. The van der Waals surface area contributed by atoms with E-state index >= 15 is 0 Å². The van der Waals surface area contributed by atoms with Gasteiger partial charge in [-0.3, -0.25) is 0 Å². The van der Waals surface area contributed by atoms with Crippen LogP contribution in [0.2, 0.25) is 0 Å². The van der Waals surface area contributed by atoms with Crippen LogP contribution in [0, 0.1) is 0 Å². The van der Waals surface area contributed by atoms with Crippen LogP contribution in [-0.2, 0) is 0 Å². The molecule has 0 aliphatic carbocycles. The first-order valence-electron chi connectivity index (χ1n) is 3.67. The fraction of sp³-hybridized carbons (Fsp3) is 0.200. The number of allylic oxidation sites excluding steroid dienone is 2. The molecule has 0 N–H and O–H groups in total. The minimum absolute atomic E-state index is 0.848. The zero-order chi connectivity index (χ0) is 8.27. The van der Waals surface area contributed by atoms with Crippen molar-refractivity contribution >= 4 is 14.3 Å². The van der Waals surface area contributed by atoms with Gasteiger partial charge >= 0.3 is 0 Å². The molecule has 0 saturated carbocycles. The third kappa shape index (κ3) is 2.40. The van der Waals surface area contributed by atoms with Crippen LogP contribution >= 0.6 is 8.19 Å². The van der Waals surface area contributed by atoms with Gasteiger partial charge in [-0.2, -0.15) is 0 Å². The van der Waals surface area contributed by atoms with Crippen molar-refractivity contribution in [1.29, 1.82) is 0 Å². The summed E-state index contributed by atoms with van der Waals surface area (Å²) in [6.07, 6.45) is 2.21. The molecule has 1 aromatic rings. The van der Waals surface area contributed by atoms with E-state index in [9.17, 15) is 0 Å². The van der Waals surface area contributed by atoms with Crippen LogP contribution in [0.3, 0.4) is 0 Å². The Morgan fingerprint density at radius 3 is 2.73 bits per heavy atom. The Balaban J connectivity index is 2.82. The summed E-state index contributed by atoms with van der Waals surface area (Å²) < 4.78 is 0. The molecule has 0 fully saturated rings. The molecule has 1 atom stereocenters.